The zero-order valence-corrected chi connectivity index (χ0v) is 15.2. The van der Waals surface area contributed by atoms with Crippen LogP contribution in [0.4, 0.5) is 0 Å². The van der Waals surface area contributed by atoms with Crippen LogP contribution in [0.1, 0.15) is 19.3 Å². The predicted octanol–water partition coefficient (Wildman–Crippen LogP) is 2.68. The Morgan fingerprint density at radius 3 is 2.59 bits per heavy atom. The predicted molar refractivity (Wildman–Crippen MR) is 93.2 cm³/mol. The fourth-order valence-electron chi connectivity index (χ4n) is 1.83. The molecule has 1 N–H and O–H groups in total. The standard InChI is InChI=1S/C14H27NO5S2/c1-17-22(18-2,19-3)10-6-9-20-11-13(16)12-21-14-7-4-5-8-15-14/h7-8,13,16H,4-6,9-12H2,1-3H3. The van der Waals surface area contributed by atoms with Crippen LogP contribution in [0.3, 0.4) is 0 Å². The number of hydrogen-bond donors (Lipinski definition) is 1. The second-order valence-electron chi connectivity index (χ2n) is 4.59. The molecule has 0 amide bonds. The maximum absolute atomic E-state index is 9.88. The quantitative estimate of drug-likeness (QED) is 0.544. The highest BCUT2D eigenvalue weighted by atomic mass is 32.3. The zero-order chi connectivity index (χ0) is 16.3. The molecule has 0 radical (unpaired) electrons. The molecule has 1 unspecified atom stereocenters. The Morgan fingerprint density at radius 1 is 1.27 bits per heavy atom. The van der Waals surface area contributed by atoms with Gasteiger partial charge in [-0.05, 0) is 19.3 Å². The third-order valence-electron chi connectivity index (χ3n) is 3.01. The number of thioether (sulfide) groups is 1. The van der Waals surface area contributed by atoms with Gasteiger partial charge in [-0.15, -0.1) is 11.8 Å². The Morgan fingerprint density at radius 2 is 2.00 bits per heavy atom. The van der Waals surface area contributed by atoms with Gasteiger partial charge in [0, 0.05) is 24.3 Å². The summed E-state index contributed by atoms with van der Waals surface area (Å²) in [5, 5.41) is 10.9. The van der Waals surface area contributed by atoms with E-state index < -0.39 is 17.0 Å². The van der Waals surface area contributed by atoms with E-state index in [9.17, 15) is 5.11 Å². The van der Waals surface area contributed by atoms with Gasteiger partial charge in [0.15, 0.2) is 0 Å². The molecule has 1 aliphatic heterocycles. The van der Waals surface area contributed by atoms with Crippen LogP contribution >= 0.6 is 22.6 Å². The topological polar surface area (TPSA) is 69.5 Å². The molecule has 1 rings (SSSR count). The SMILES string of the molecule is COS(CCCOCC(O)CSC1=CCCC=N1)(OC)OC. The third-order valence-corrected chi connectivity index (χ3v) is 6.44. The fourth-order valence-corrected chi connectivity index (χ4v) is 4.05. The number of aliphatic hydroxyl groups is 1. The summed E-state index contributed by atoms with van der Waals surface area (Å²) in [7, 11) is 2.82. The Hall–Kier alpha value is -0.0900. The fraction of sp³-hybridized carbons (Fsp3) is 0.786. The number of allylic oxidation sites excluding steroid dienone is 1. The summed E-state index contributed by atoms with van der Waals surface area (Å²) in [4.78, 5) is 4.27. The van der Waals surface area contributed by atoms with E-state index in [1.54, 1.807) is 33.1 Å². The summed E-state index contributed by atoms with van der Waals surface area (Å²) in [6.45, 7) is 0.854. The molecular formula is C14H27NO5S2. The van der Waals surface area contributed by atoms with Crippen LogP contribution in [0.2, 0.25) is 0 Å². The lowest BCUT2D eigenvalue weighted by Gasteiger charge is -2.33. The number of ether oxygens (including phenoxy) is 1. The first kappa shape index (κ1) is 20.0. The number of hydrogen-bond acceptors (Lipinski definition) is 7. The van der Waals surface area contributed by atoms with Gasteiger partial charge in [0.25, 0.3) is 0 Å². The highest BCUT2D eigenvalue weighted by Gasteiger charge is 2.22. The van der Waals surface area contributed by atoms with E-state index in [-0.39, 0.29) is 0 Å². The molecule has 8 heteroatoms. The average molecular weight is 354 g/mol. The van der Waals surface area contributed by atoms with Gasteiger partial charge in [-0.1, -0.05) is 6.08 Å². The van der Waals surface area contributed by atoms with Gasteiger partial charge in [-0.25, -0.2) is 0 Å². The van der Waals surface area contributed by atoms with Gasteiger partial charge in [0.2, 0.25) is 0 Å². The average Bonchev–Trinajstić information content (AvgIpc) is 2.58. The van der Waals surface area contributed by atoms with Crippen LogP contribution in [-0.2, 0) is 17.3 Å². The first-order valence-electron chi connectivity index (χ1n) is 7.25. The Labute approximate surface area is 139 Å². The van der Waals surface area contributed by atoms with Crippen molar-refractivity contribution in [3.63, 3.8) is 0 Å². The largest absolute Gasteiger partial charge is 0.390 e. The van der Waals surface area contributed by atoms with Gasteiger partial charge < -0.3 is 9.84 Å². The summed E-state index contributed by atoms with van der Waals surface area (Å²) in [5.41, 5.74) is 0. The zero-order valence-electron chi connectivity index (χ0n) is 13.5. The molecule has 130 valence electrons. The molecule has 1 atom stereocenters. The van der Waals surface area contributed by atoms with E-state index in [2.05, 4.69) is 11.1 Å². The molecule has 22 heavy (non-hydrogen) atoms. The van der Waals surface area contributed by atoms with Crippen molar-refractivity contribution in [3.8, 4) is 0 Å². The van der Waals surface area contributed by atoms with Gasteiger partial charge >= 0.3 is 0 Å². The maximum Gasteiger partial charge on any atom is 0.0916 e. The van der Waals surface area contributed by atoms with E-state index >= 15 is 0 Å². The Bertz CT molecular complexity index is 353. The molecular weight excluding hydrogens is 326 g/mol. The summed E-state index contributed by atoms with van der Waals surface area (Å²) in [6, 6.07) is 0. The minimum atomic E-state index is -1.91. The molecule has 1 heterocycles. The molecule has 0 aromatic rings. The lowest BCUT2D eigenvalue weighted by molar-refractivity contribution is 0.0487. The monoisotopic (exact) mass is 353 g/mol. The molecule has 0 aromatic carbocycles. The summed E-state index contributed by atoms with van der Waals surface area (Å²) < 4.78 is 21.3. The van der Waals surface area contributed by atoms with Crippen molar-refractivity contribution in [1.29, 1.82) is 0 Å². The Kier molecular flexibility index (Phi) is 10.4. The summed E-state index contributed by atoms with van der Waals surface area (Å²) in [6.07, 6.45) is 6.31. The van der Waals surface area contributed by atoms with Crippen molar-refractivity contribution in [1.82, 2.24) is 0 Å². The molecule has 6 nitrogen and oxygen atoms in total. The Balaban J connectivity index is 2.08. The van der Waals surface area contributed by atoms with Crippen molar-refractivity contribution in [3.05, 3.63) is 11.1 Å². The van der Waals surface area contributed by atoms with Crippen LogP contribution in [0, 0.1) is 0 Å². The molecule has 1 aliphatic rings. The highest BCUT2D eigenvalue weighted by Crippen LogP contribution is 2.49. The summed E-state index contributed by atoms with van der Waals surface area (Å²) >= 11 is 1.56. The number of aliphatic imine (C=N–C) groups is 1. The maximum atomic E-state index is 9.88. The molecule has 0 aromatic heterocycles. The van der Waals surface area contributed by atoms with Gasteiger partial charge in [0.05, 0.1) is 49.9 Å². The smallest absolute Gasteiger partial charge is 0.0916 e. The minimum absolute atomic E-state index is 0.319. The van der Waals surface area contributed by atoms with Crippen molar-refractivity contribution in [2.45, 2.75) is 25.4 Å². The molecule has 0 bridgehead atoms. The van der Waals surface area contributed by atoms with Crippen molar-refractivity contribution in [2.24, 2.45) is 4.99 Å². The van der Waals surface area contributed by atoms with Gasteiger partial charge in [-0.2, -0.15) is 0 Å². The van der Waals surface area contributed by atoms with Crippen LogP contribution in [-0.4, -0.2) is 63.5 Å². The molecule has 0 fully saturated rings. The van der Waals surface area contributed by atoms with E-state index in [1.807, 2.05) is 6.21 Å². The molecule has 0 saturated carbocycles. The lowest BCUT2D eigenvalue weighted by Crippen LogP contribution is -2.19. The first-order valence-corrected chi connectivity index (χ1v) is 9.81. The number of aliphatic hydroxyl groups excluding tert-OH is 1. The van der Waals surface area contributed by atoms with Crippen molar-refractivity contribution < 1.29 is 22.4 Å². The van der Waals surface area contributed by atoms with Crippen LogP contribution in [0.25, 0.3) is 0 Å². The molecule has 0 spiro atoms. The summed E-state index contributed by atoms with van der Waals surface area (Å²) in [5.74, 6) is 1.23. The van der Waals surface area contributed by atoms with Crippen LogP contribution in [0.5, 0.6) is 0 Å². The highest BCUT2D eigenvalue weighted by molar-refractivity contribution is 8.21. The van der Waals surface area contributed by atoms with Gasteiger partial charge in [0.1, 0.15) is 0 Å². The lowest BCUT2D eigenvalue weighted by atomic mass is 10.3. The minimum Gasteiger partial charge on any atom is -0.390 e. The normalized spacial score (nSPS) is 17.4. The van der Waals surface area contributed by atoms with Crippen LogP contribution in [0.15, 0.2) is 16.1 Å². The molecule has 0 aliphatic carbocycles. The second kappa shape index (κ2) is 11.4. The second-order valence-corrected chi connectivity index (χ2v) is 8.15. The number of rotatable bonds is 12. The van der Waals surface area contributed by atoms with Gasteiger partial charge in [-0.3, -0.25) is 17.5 Å². The van der Waals surface area contributed by atoms with E-state index in [1.165, 1.54) is 0 Å². The first-order chi connectivity index (χ1) is 10.7. The van der Waals surface area contributed by atoms with E-state index in [0.29, 0.717) is 24.7 Å². The molecule has 0 saturated heterocycles. The van der Waals surface area contributed by atoms with E-state index in [0.717, 1.165) is 24.3 Å². The van der Waals surface area contributed by atoms with E-state index in [4.69, 9.17) is 17.3 Å². The van der Waals surface area contributed by atoms with Crippen molar-refractivity contribution >= 4 is 28.8 Å². The van der Waals surface area contributed by atoms with Crippen LogP contribution < -0.4 is 0 Å². The third kappa shape index (κ3) is 7.45. The van der Waals surface area contributed by atoms with Crippen molar-refractivity contribution in [2.75, 3.05) is 46.0 Å². The number of nitrogens with zero attached hydrogens (tertiary/aromatic N) is 1.